The first-order valence-electron chi connectivity index (χ1n) is 4.44. The Bertz CT molecular complexity index is 379. The van der Waals surface area contributed by atoms with Crippen molar-refractivity contribution in [1.29, 1.82) is 0 Å². The van der Waals surface area contributed by atoms with Crippen LogP contribution < -0.4 is 17.0 Å². The van der Waals surface area contributed by atoms with Crippen molar-refractivity contribution in [3.63, 3.8) is 0 Å². The summed E-state index contributed by atoms with van der Waals surface area (Å²) in [6, 6.07) is 1.69. The van der Waals surface area contributed by atoms with Gasteiger partial charge in [0.05, 0.1) is 5.69 Å². The van der Waals surface area contributed by atoms with Gasteiger partial charge in [0.2, 0.25) is 0 Å². The molecule has 4 heteroatoms. The monoisotopic (exact) mass is 179 g/mol. The second-order valence-electron chi connectivity index (χ2n) is 3.47. The Balaban J connectivity index is 2.49. The van der Waals surface area contributed by atoms with Gasteiger partial charge in [-0.1, -0.05) is 0 Å². The summed E-state index contributed by atoms with van der Waals surface area (Å²) in [6.45, 7) is 0.241. The number of rotatable bonds is 2. The van der Waals surface area contributed by atoms with Gasteiger partial charge in [-0.25, -0.2) is 0 Å². The van der Waals surface area contributed by atoms with Gasteiger partial charge in [-0.05, 0) is 18.9 Å². The number of nitrogens with one attached hydrogen (secondary N) is 1. The first kappa shape index (κ1) is 8.31. The Hall–Kier alpha value is -1.29. The van der Waals surface area contributed by atoms with E-state index in [-0.39, 0.29) is 12.1 Å². The summed E-state index contributed by atoms with van der Waals surface area (Å²) < 4.78 is 0. The summed E-state index contributed by atoms with van der Waals surface area (Å²) >= 11 is 0. The van der Waals surface area contributed by atoms with Crippen molar-refractivity contribution in [3.8, 4) is 0 Å². The Morgan fingerprint density at radius 3 is 2.77 bits per heavy atom. The fourth-order valence-electron chi connectivity index (χ4n) is 1.47. The van der Waals surface area contributed by atoms with E-state index in [0.29, 0.717) is 17.2 Å². The van der Waals surface area contributed by atoms with Gasteiger partial charge >= 0.3 is 0 Å². The number of H-pyrrole nitrogens is 1. The Morgan fingerprint density at radius 1 is 1.54 bits per heavy atom. The first-order chi connectivity index (χ1) is 6.22. The van der Waals surface area contributed by atoms with Crippen molar-refractivity contribution in [2.45, 2.75) is 25.3 Å². The summed E-state index contributed by atoms with van der Waals surface area (Å²) in [5.74, 6) is 0.472. The highest BCUT2D eigenvalue weighted by Crippen LogP contribution is 2.40. The van der Waals surface area contributed by atoms with Crippen molar-refractivity contribution in [3.05, 3.63) is 27.7 Å². The van der Waals surface area contributed by atoms with Crippen LogP contribution in [0.2, 0.25) is 0 Å². The van der Waals surface area contributed by atoms with Gasteiger partial charge in [0.25, 0.3) is 5.56 Å². The Kier molecular flexibility index (Phi) is 1.84. The maximum Gasteiger partial charge on any atom is 0.252 e. The third kappa shape index (κ3) is 1.45. The van der Waals surface area contributed by atoms with Crippen LogP contribution in [-0.2, 0) is 6.54 Å². The first-order valence-corrected chi connectivity index (χ1v) is 4.44. The molecule has 1 fully saturated rings. The van der Waals surface area contributed by atoms with E-state index in [9.17, 15) is 4.79 Å². The van der Waals surface area contributed by atoms with Crippen LogP contribution in [0.1, 0.15) is 30.0 Å². The molecule has 0 radical (unpaired) electrons. The lowest BCUT2D eigenvalue weighted by Crippen LogP contribution is -2.18. The van der Waals surface area contributed by atoms with Gasteiger partial charge in [-0.2, -0.15) is 0 Å². The minimum atomic E-state index is -0.0985. The molecule has 2 rings (SSSR count). The second kappa shape index (κ2) is 2.88. The molecular formula is C9H13N3O. The van der Waals surface area contributed by atoms with Gasteiger partial charge in [-0.15, -0.1) is 0 Å². The van der Waals surface area contributed by atoms with Crippen LogP contribution in [-0.4, -0.2) is 4.98 Å². The average Bonchev–Trinajstić information content (AvgIpc) is 2.91. The molecular weight excluding hydrogens is 166 g/mol. The predicted octanol–water partition coefficient (Wildman–Crippen LogP) is 0.293. The molecule has 1 heterocycles. The second-order valence-corrected chi connectivity index (χ2v) is 3.47. The Labute approximate surface area is 75.9 Å². The van der Waals surface area contributed by atoms with E-state index in [1.807, 2.05) is 0 Å². The predicted molar refractivity (Wildman–Crippen MR) is 51.3 cm³/mol. The maximum absolute atomic E-state index is 11.4. The van der Waals surface area contributed by atoms with E-state index in [0.717, 1.165) is 18.5 Å². The SMILES string of the molecule is NCc1cc(N)c(C2CC2)[nH]c1=O. The van der Waals surface area contributed by atoms with E-state index in [2.05, 4.69) is 4.98 Å². The number of aromatic amines is 1. The average molecular weight is 179 g/mol. The van der Waals surface area contributed by atoms with Crippen LogP contribution >= 0.6 is 0 Å². The third-order valence-electron chi connectivity index (χ3n) is 2.39. The number of hydrogen-bond acceptors (Lipinski definition) is 3. The van der Waals surface area contributed by atoms with Crippen LogP contribution in [0.5, 0.6) is 0 Å². The molecule has 1 saturated carbocycles. The van der Waals surface area contributed by atoms with Gasteiger partial charge in [0.1, 0.15) is 0 Å². The third-order valence-corrected chi connectivity index (χ3v) is 2.39. The molecule has 0 aliphatic heterocycles. The molecule has 0 aromatic carbocycles. The minimum absolute atomic E-state index is 0.0985. The summed E-state index contributed by atoms with van der Waals surface area (Å²) in [4.78, 5) is 14.2. The number of aromatic nitrogens is 1. The van der Waals surface area contributed by atoms with Crippen molar-refractivity contribution < 1.29 is 0 Å². The minimum Gasteiger partial charge on any atom is -0.397 e. The molecule has 0 unspecified atom stereocenters. The number of nitrogen functional groups attached to an aromatic ring is 1. The fraction of sp³-hybridized carbons (Fsp3) is 0.444. The zero-order valence-electron chi connectivity index (χ0n) is 7.34. The molecule has 1 aromatic rings. The molecule has 5 N–H and O–H groups in total. The maximum atomic E-state index is 11.4. The van der Waals surface area contributed by atoms with Gasteiger partial charge in [0.15, 0.2) is 0 Å². The fourth-order valence-corrected chi connectivity index (χ4v) is 1.47. The van der Waals surface area contributed by atoms with Crippen LogP contribution in [0.3, 0.4) is 0 Å². The lowest BCUT2D eigenvalue weighted by atomic mass is 10.1. The molecule has 0 spiro atoms. The molecule has 70 valence electrons. The summed E-state index contributed by atoms with van der Waals surface area (Å²) in [7, 11) is 0. The molecule has 0 bridgehead atoms. The summed E-state index contributed by atoms with van der Waals surface area (Å²) in [5, 5.41) is 0. The van der Waals surface area contributed by atoms with Crippen molar-refractivity contribution in [1.82, 2.24) is 4.98 Å². The Morgan fingerprint density at radius 2 is 2.23 bits per heavy atom. The van der Waals surface area contributed by atoms with Gasteiger partial charge in [-0.3, -0.25) is 4.79 Å². The molecule has 0 saturated heterocycles. The van der Waals surface area contributed by atoms with E-state index in [1.165, 1.54) is 0 Å². The number of pyridine rings is 1. The van der Waals surface area contributed by atoms with Gasteiger partial charge < -0.3 is 16.5 Å². The number of anilines is 1. The largest absolute Gasteiger partial charge is 0.397 e. The van der Waals surface area contributed by atoms with Crippen molar-refractivity contribution >= 4 is 5.69 Å². The van der Waals surface area contributed by atoms with Crippen LogP contribution in [0.15, 0.2) is 10.9 Å². The standard InChI is InChI=1S/C9H13N3O/c10-4-6-3-7(11)8(5-1-2-5)12-9(6)13/h3,5H,1-2,4,10-11H2,(H,12,13). The zero-order valence-corrected chi connectivity index (χ0v) is 7.34. The van der Waals surface area contributed by atoms with Crippen LogP contribution in [0.4, 0.5) is 5.69 Å². The highest BCUT2D eigenvalue weighted by atomic mass is 16.1. The quantitative estimate of drug-likeness (QED) is 0.610. The highest BCUT2D eigenvalue weighted by Gasteiger charge is 2.26. The summed E-state index contributed by atoms with van der Waals surface area (Å²) in [6.07, 6.45) is 2.25. The van der Waals surface area contributed by atoms with Crippen LogP contribution in [0, 0.1) is 0 Å². The smallest absolute Gasteiger partial charge is 0.252 e. The van der Waals surface area contributed by atoms with E-state index in [4.69, 9.17) is 11.5 Å². The lowest BCUT2D eigenvalue weighted by Gasteiger charge is -2.05. The van der Waals surface area contributed by atoms with E-state index < -0.39 is 0 Å². The number of hydrogen-bond donors (Lipinski definition) is 3. The topological polar surface area (TPSA) is 84.9 Å². The van der Waals surface area contributed by atoms with Gasteiger partial charge in [0, 0.05) is 23.7 Å². The molecule has 1 aliphatic rings. The molecule has 4 nitrogen and oxygen atoms in total. The molecule has 13 heavy (non-hydrogen) atoms. The highest BCUT2D eigenvalue weighted by molar-refractivity contribution is 5.47. The van der Waals surface area contributed by atoms with Crippen molar-refractivity contribution in [2.24, 2.45) is 5.73 Å². The molecule has 1 aliphatic carbocycles. The molecule has 1 aromatic heterocycles. The normalized spacial score (nSPS) is 16.1. The van der Waals surface area contributed by atoms with E-state index in [1.54, 1.807) is 6.07 Å². The van der Waals surface area contributed by atoms with Crippen molar-refractivity contribution in [2.75, 3.05) is 5.73 Å². The lowest BCUT2D eigenvalue weighted by molar-refractivity contribution is 0.954. The zero-order chi connectivity index (χ0) is 9.42. The number of nitrogens with two attached hydrogens (primary N) is 2. The summed E-state index contributed by atoms with van der Waals surface area (Å²) in [5.41, 5.74) is 13.2. The van der Waals surface area contributed by atoms with E-state index >= 15 is 0 Å². The molecule has 0 atom stereocenters. The van der Waals surface area contributed by atoms with Crippen LogP contribution in [0.25, 0.3) is 0 Å². The molecule has 0 amide bonds.